The van der Waals surface area contributed by atoms with Crippen molar-refractivity contribution in [1.29, 1.82) is 0 Å². The summed E-state index contributed by atoms with van der Waals surface area (Å²) in [6.07, 6.45) is 3.50. The van der Waals surface area contributed by atoms with Gasteiger partial charge in [-0.05, 0) is 61.1 Å². The van der Waals surface area contributed by atoms with Crippen LogP contribution in [-0.2, 0) is 16.1 Å². The Hall–Kier alpha value is -4.10. The first-order valence-corrected chi connectivity index (χ1v) is 11.5. The molecule has 35 heavy (non-hydrogen) atoms. The molecule has 1 fully saturated rings. The fraction of sp³-hybridized carbons (Fsp3) is 0.107. The third-order valence-corrected chi connectivity index (χ3v) is 6.56. The molecule has 5 nitrogen and oxygen atoms in total. The van der Waals surface area contributed by atoms with Crippen molar-refractivity contribution in [2.45, 2.75) is 13.5 Å². The Balaban J connectivity index is 1.59. The standard InChI is InChI=1S/C28H22FN3O2S/c1-18-10-12-22(13-11-18)32-27(34)24(26(33)30(2)28(32)35)15-20-17-31(25-9-4-3-8-23(20)25)16-19-6-5-7-21(29)14-19/h3-15,17H,16H2,1-2H3/b24-15-. The van der Waals surface area contributed by atoms with Crippen LogP contribution in [0.2, 0.25) is 0 Å². The topological polar surface area (TPSA) is 45.6 Å². The van der Waals surface area contributed by atoms with Crippen LogP contribution in [-0.4, -0.2) is 33.4 Å². The molecule has 0 unspecified atom stereocenters. The van der Waals surface area contributed by atoms with E-state index >= 15 is 0 Å². The SMILES string of the molecule is Cc1ccc(N2C(=O)/C(=C\c3cn(Cc4cccc(F)c4)c4ccccc34)C(=O)N(C)C2=S)cc1. The van der Waals surface area contributed by atoms with Crippen LogP contribution >= 0.6 is 12.2 Å². The van der Waals surface area contributed by atoms with E-state index in [4.69, 9.17) is 12.2 Å². The van der Waals surface area contributed by atoms with Crippen molar-refractivity contribution >= 4 is 51.8 Å². The van der Waals surface area contributed by atoms with E-state index in [1.54, 1.807) is 19.2 Å². The summed E-state index contributed by atoms with van der Waals surface area (Å²) in [7, 11) is 1.57. The lowest BCUT2D eigenvalue weighted by Gasteiger charge is -2.34. The maximum absolute atomic E-state index is 13.7. The maximum atomic E-state index is 13.7. The van der Waals surface area contributed by atoms with Crippen molar-refractivity contribution in [2.24, 2.45) is 0 Å². The molecular weight excluding hydrogens is 461 g/mol. The molecule has 0 aliphatic carbocycles. The lowest BCUT2D eigenvalue weighted by Crippen LogP contribution is -2.54. The second kappa shape index (κ2) is 8.92. The summed E-state index contributed by atoms with van der Waals surface area (Å²) < 4.78 is 15.7. The number of hydrogen-bond acceptors (Lipinski definition) is 3. The van der Waals surface area contributed by atoms with Gasteiger partial charge in [-0.2, -0.15) is 0 Å². The summed E-state index contributed by atoms with van der Waals surface area (Å²) in [6.45, 7) is 2.41. The van der Waals surface area contributed by atoms with Crippen LogP contribution in [0, 0.1) is 12.7 Å². The molecule has 0 bridgehead atoms. The van der Waals surface area contributed by atoms with Crippen LogP contribution in [0.3, 0.4) is 0 Å². The molecule has 0 spiro atoms. The number of benzene rings is 3. The van der Waals surface area contributed by atoms with Gasteiger partial charge < -0.3 is 4.57 Å². The quantitative estimate of drug-likeness (QED) is 0.225. The van der Waals surface area contributed by atoms with Gasteiger partial charge >= 0.3 is 0 Å². The second-order valence-electron chi connectivity index (χ2n) is 8.54. The Morgan fingerprint density at radius 3 is 2.43 bits per heavy atom. The van der Waals surface area contributed by atoms with Crippen molar-refractivity contribution in [3.63, 3.8) is 0 Å². The summed E-state index contributed by atoms with van der Waals surface area (Å²) in [5.74, 6) is -1.22. The minimum absolute atomic E-state index is 0.0235. The summed E-state index contributed by atoms with van der Waals surface area (Å²) in [5.41, 5.74) is 4.12. The third kappa shape index (κ3) is 4.15. The van der Waals surface area contributed by atoms with E-state index in [-0.39, 0.29) is 16.5 Å². The number of likely N-dealkylation sites (N-methyl/N-ethyl adjacent to an activating group) is 1. The van der Waals surface area contributed by atoms with Crippen molar-refractivity contribution in [3.05, 3.63) is 107 Å². The largest absolute Gasteiger partial charge is 0.342 e. The van der Waals surface area contributed by atoms with E-state index < -0.39 is 11.8 Å². The predicted octanol–water partition coefficient (Wildman–Crippen LogP) is 5.31. The number of thiocarbonyl (C=S) groups is 1. The van der Waals surface area contributed by atoms with Crippen LogP contribution in [0.5, 0.6) is 0 Å². The number of anilines is 1. The van der Waals surface area contributed by atoms with Crippen LogP contribution in [0.4, 0.5) is 10.1 Å². The third-order valence-electron chi connectivity index (χ3n) is 6.10. The fourth-order valence-electron chi connectivity index (χ4n) is 4.27. The maximum Gasteiger partial charge on any atom is 0.270 e. The summed E-state index contributed by atoms with van der Waals surface area (Å²) in [5, 5.41) is 1.02. The van der Waals surface area contributed by atoms with Crippen molar-refractivity contribution in [2.75, 3.05) is 11.9 Å². The number of hydrogen-bond donors (Lipinski definition) is 0. The number of carbonyl (C=O) groups is 2. The van der Waals surface area contributed by atoms with E-state index in [2.05, 4.69) is 0 Å². The molecule has 2 amide bonds. The molecule has 5 rings (SSSR count). The van der Waals surface area contributed by atoms with Gasteiger partial charge in [0.25, 0.3) is 11.8 Å². The zero-order valence-electron chi connectivity index (χ0n) is 19.2. The number of rotatable bonds is 4. The molecule has 1 aliphatic heterocycles. The first-order valence-electron chi connectivity index (χ1n) is 11.1. The van der Waals surface area contributed by atoms with Gasteiger partial charge in [0.2, 0.25) is 0 Å². The number of aromatic nitrogens is 1. The van der Waals surface area contributed by atoms with E-state index in [0.29, 0.717) is 12.2 Å². The van der Waals surface area contributed by atoms with Crippen LogP contribution in [0.25, 0.3) is 17.0 Å². The molecule has 1 saturated heterocycles. The lowest BCUT2D eigenvalue weighted by atomic mass is 10.1. The summed E-state index contributed by atoms with van der Waals surface area (Å²) in [4.78, 5) is 29.4. The number of fused-ring (bicyclic) bond motifs is 1. The molecule has 2 heterocycles. The van der Waals surface area contributed by atoms with Crippen molar-refractivity contribution in [1.82, 2.24) is 9.47 Å². The minimum Gasteiger partial charge on any atom is -0.342 e. The number of nitrogens with zero attached hydrogens (tertiary/aromatic N) is 3. The van der Waals surface area contributed by atoms with Gasteiger partial charge in [-0.3, -0.25) is 19.4 Å². The molecule has 1 aromatic heterocycles. The van der Waals surface area contributed by atoms with E-state index in [1.807, 2.05) is 72.3 Å². The summed E-state index contributed by atoms with van der Waals surface area (Å²) >= 11 is 5.45. The number of para-hydroxylation sites is 1. The van der Waals surface area contributed by atoms with Crippen LogP contribution in [0.1, 0.15) is 16.7 Å². The minimum atomic E-state index is -0.469. The monoisotopic (exact) mass is 483 g/mol. The molecule has 0 atom stereocenters. The Morgan fingerprint density at radius 1 is 0.943 bits per heavy atom. The highest BCUT2D eigenvalue weighted by Gasteiger charge is 2.38. The fourth-order valence-corrected chi connectivity index (χ4v) is 4.54. The smallest absolute Gasteiger partial charge is 0.270 e. The lowest BCUT2D eigenvalue weighted by molar-refractivity contribution is -0.127. The average Bonchev–Trinajstić information content (AvgIpc) is 3.19. The first-order chi connectivity index (χ1) is 16.8. The summed E-state index contributed by atoms with van der Waals surface area (Å²) in [6, 6.07) is 21.6. The Morgan fingerprint density at radius 2 is 1.69 bits per heavy atom. The van der Waals surface area contributed by atoms with Crippen molar-refractivity contribution < 1.29 is 14.0 Å². The van der Waals surface area contributed by atoms with Gasteiger partial charge in [-0.25, -0.2) is 4.39 Å². The first kappa shape index (κ1) is 22.7. The number of carbonyl (C=O) groups excluding carboxylic acids is 2. The zero-order chi connectivity index (χ0) is 24.7. The van der Waals surface area contributed by atoms with Gasteiger partial charge in [-0.1, -0.05) is 48.0 Å². The highest BCUT2D eigenvalue weighted by molar-refractivity contribution is 7.80. The van der Waals surface area contributed by atoms with Gasteiger partial charge in [-0.15, -0.1) is 0 Å². The second-order valence-corrected chi connectivity index (χ2v) is 8.91. The molecule has 0 radical (unpaired) electrons. The molecule has 174 valence electrons. The zero-order valence-corrected chi connectivity index (χ0v) is 20.1. The highest BCUT2D eigenvalue weighted by Crippen LogP contribution is 2.29. The molecule has 4 aromatic rings. The van der Waals surface area contributed by atoms with Crippen LogP contribution < -0.4 is 4.90 Å². The molecule has 7 heteroatoms. The normalized spacial score (nSPS) is 15.5. The Kier molecular flexibility index (Phi) is 5.78. The van der Waals surface area contributed by atoms with Gasteiger partial charge in [0.05, 0.1) is 5.69 Å². The predicted molar refractivity (Wildman–Crippen MR) is 139 cm³/mol. The number of aryl methyl sites for hydroxylation is 1. The molecule has 0 N–H and O–H groups in total. The van der Waals surface area contributed by atoms with Crippen molar-refractivity contribution in [3.8, 4) is 0 Å². The number of amides is 2. The Labute approximate surface area is 207 Å². The van der Waals surface area contributed by atoms with Crippen LogP contribution in [0.15, 0.2) is 84.6 Å². The molecular formula is C28H22FN3O2S. The van der Waals surface area contributed by atoms with Gasteiger partial charge in [0.1, 0.15) is 11.4 Å². The Bertz CT molecular complexity index is 1520. The average molecular weight is 484 g/mol. The highest BCUT2D eigenvalue weighted by atomic mass is 32.1. The van der Waals surface area contributed by atoms with E-state index in [1.165, 1.54) is 21.9 Å². The molecule has 1 aliphatic rings. The van der Waals surface area contributed by atoms with Gasteiger partial charge in [0, 0.05) is 36.3 Å². The molecule has 3 aromatic carbocycles. The number of halogens is 1. The van der Waals surface area contributed by atoms with E-state index in [9.17, 15) is 14.0 Å². The van der Waals surface area contributed by atoms with Gasteiger partial charge in [0.15, 0.2) is 5.11 Å². The molecule has 0 saturated carbocycles. The van der Waals surface area contributed by atoms with E-state index in [0.717, 1.165) is 27.6 Å².